The number of carbonyl (C=O) groups is 2. The van der Waals surface area contributed by atoms with Gasteiger partial charge >= 0.3 is 11.8 Å². The molecule has 1 fully saturated rings. The molecule has 1 aromatic carbocycles. The van der Waals surface area contributed by atoms with Crippen LogP contribution in [0, 0.1) is 0 Å². The topological polar surface area (TPSA) is 70.7 Å². The van der Waals surface area contributed by atoms with Gasteiger partial charge in [-0.1, -0.05) is 30.8 Å². The highest BCUT2D eigenvalue weighted by molar-refractivity contribution is 6.34. The van der Waals surface area contributed by atoms with Gasteiger partial charge in [-0.25, -0.2) is 0 Å². The van der Waals surface area contributed by atoms with Gasteiger partial charge in [0.1, 0.15) is 0 Å². The number of likely N-dealkylation sites (tertiary alicyclic amines) is 1. The highest BCUT2D eigenvalue weighted by Gasteiger charge is 2.13. The molecule has 160 valence electrons. The number of rotatable bonds is 12. The molecule has 2 rings (SSSR count). The van der Waals surface area contributed by atoms with Crippen LogP contribution < -0.4 is 10.6 Å². The van der Waals surface area contributed by atoms with Gasteiger partial charge < -0.3 is 20.3 Å². The van der Waals surface area contributed by atoms with Crippen LogP contribution in [0.4, 0.5) is 0 Å². The maximum atomic E-state index is 11.4. The van der Waals surface area contributed by atoms with E-state index in [1.54, 1.807) is 0 Å². The molecule has 0 bridgehead atoms. The Morgan fingerprint density at radius 1 is 1.03 bits per heavy atom. The second kappa shape index (κ2) is 13.0. The van der Waals surface area contributed by atoms with Crippen molar-refractivity contribution in [1.82, 2.24) is 15.5 Å². The van der Waals surface area contributed by atoms with Crippen molar-refractivity contribution in [2.24, 2.45) is 0 Å². The molecular weight excluding hydrogens is 366 g/mol. The number of carbonyl (C=O) groups excluding carboxylic acids is 2. The summed E-state index contributed by atoms with van der Waals surface area (Å²) in [5.74, 6) is -1.16. The molecule has 1 heterocycles. The van der Waals surface area contributed by atoms with Crippen molar-refractivity contribution in [3.05, 3.63) is 47.7 Å². The van der Waals surface area contributed by atoms with Gasteiger partial charge in [0.2, 0.25) is 0 Å². The number of hydrogen-bond acceptors (Lipinski definition) is 4. The Morgan fingerprint density at radius 2 is 1.69 bits per heavy atom. The van der Waals surface area contributed by atoms with Gasteiger partial charge in [-0.3, -0.25) is 9.59 Å². The molecule has 6 heteroatoms. The molecule has 1 saturated heterocycles. The fourth-order valence-electron chi connectivity index (χ4n) is 3.56. The van der Waals surface area contributed by atoms with E-state index in [1.165, 1.54) is 31.0 Å². The minimum absolute atomic E-state index is 0.517. The smallest absolute Gasteiger partial charge is 0.309 e. The molecule has 2 N–H and O–H groups in total. The molecule has 1 aromatic rings. The first kappa shape index (κ1) is 22.9. The number of amides is 2. The standard InChI is InChI=1S/C23H35N3O3/c1-19(26-15-7-8-16-26)18-29-17-9-13-21-11-4-3-10-20(21)12-5-6-14-25-23(28)22(27)24-2/h3-4,10-11H,1,5-9,12-18H2,2H3,(H,24,27)(H,25,28). The molecule has 0 aromatic heterocycles. The van der Waals surface area contributed by atoms with Crippen molar-refractivity contribution in [3.8, 4) is 0 Å². The summed E-state index contributed by atoms with van der Waals surface area (Å²) in [7, 11) is 1.45. The monoisotopic (exact) mass is 401 g/mol. The van der Waals surface area contributed by atoms with Crippen LogP contribution in [-0.4, -0.2) is 56.6 Å². The number of nitrogens with zero attached hydrogens (tertiary/aromatic N) is 1. The van der Waals surface area contributed by atoms with Crippen LogP contribution in [0.25, 0.3) is 0 Å². The molecular formula is C23H35N3O3. The van der Waals surface area contributed by atoms with Crippen molar-refractivity contribution in [2.75, 3.05) is 39.9 Å². The van der Waals surface area contributed by atoms with Crippen molar-refractivity contribution in [3.63, 3.8) is 0 Å². The average molecular weight is 402 g/mol. The summed E-state index contributed by atoms with van der Waals surface area (Å²) in [4.78, 5) is 24.9. The molecule has 0 saturated carbocycles. The predicted octanol–water partition coefficient (Wildman–Crippen LogP) is 2.43. The Labute approximate surface area is 174 Å². The van der Waals surface area contributed by atoms with E-state index in [-0.39, 0.29) is 0 Å². The zero-order chi connectivity index (χ0) is 20.9. The summed E-state index contributed by atoms with van der Waals surface area (Å²) < 4.78 is 5.82. The van der Waals surface area contributed by atoms with E-state index < -0.39 is 11.8 Å². The summed E-state index contributed by atoms with van der Waals surface area (Å²) in [5, 5.41) is 4.95. The number of ether oxygens (including phenoxy) is 1. The van der Waals surface area contributed by atoms with Gasteiger partial charge in [0.05, 0.1) is 6.61 Å². The molecule has 1 aliphatic rings. The first-order valence-corrected chi connectivity index (χ1v) is 10.7. The lowest BCUT2D eigenvalue weighted by molar-refractivity contribution is -0.138. The fourth-order valence-corrected chi connectivity index (χ4v) is 3.56. The quantitative estimate of drug-likeness (QED) is 0.417. The number of likely N-dealkylation sites (N-methyl/N-ethyl adjacent to an activating group) is 1. The van der Waals surface area contributed by atoms with Crippen LogP contribution in [0.3, 0.4) is 0 Å². The van der Waals surface area contributed by atoms with Crippen LogP contribution in [-0.2, 0) is 27.2 Å². The van der Waals surface area contributed by atoms with E-state index in [0.29, 0.717) is 13.2 Å². The third-order valence-electron chi connectivity index (χ3n) is 5.27. The molecule has 1 aliphatic heterocycles. The zero-order valence-electron chi connectivity index (χ0n) is 17.7. The highest BCUT2D eigenvalue weighted by atomic mass is 16.5. The second-order valence-corrected chi connectivity index (χ2v) is 7.48. The largest absolute Gasteiger partial charge is 0.375 e. The van der Waals surface area contributed by atoms with Crippen LogP contribution in [0.1, 0.15) is 43.2 Å². The van der Waals surface area contributed by atoms with Crippen molar-refractivity contribution >= 4 is 11.8 Å². The van der Waals surface area contributed by atoms with Crippen molar-refractivity contribution in [2.45, 2.75) is 44.9 Å². The molecule has 6 nitrogen and oxygen atoms in total. The summed E-state index contributed by atoms with van der Waals surface area (Å²) in [5.41, 5.74) is 3.82. The lowest BCUT2D eigenvalue weighted by Crippen LogP contribution is -2.38. The first-order valence-electron chi connectivity index (χ1n) is 10.7. The molecule has 0 aliphatic carbocycles. The minimum atomic E-state index is -0.596. The fraction of sp³-hybridized carbons (Fsp3) is 0.565. The van der Waals surface area contributed by atoms with E-state index in [9.17, 15) is 9.59 Å². The maximum Gasteiger partial charge on any atom is 0.309 e. The van der Waals surface area contributed by atoms with Gasteiger partial charge in [0.15, 0.2) is 0 Å². The molecule has 0 spiro atoms. The molecule has 0 radical (unpaired) electrons. The Kier molecular flexibility index (Phi) is 10.3. The average Bonchev–Trinajstić information content (AvgIpc) is 3.28. The SMILES string of the molecule is C=C(COCCCc1ccccc1CCCCNC(=O)C(=O)NC)N1CCCC1. The summed E-state index contributed by atoms with van der Waals surface area (Å²) in [6.07, 6.45) is 7.30. The van der Waals surface area contributed by atoms with E-state index >= 15 is 0 Å². The van der Waals surface area contributed by atoms with E-state index in [1.807, 2.05) is 0 Å². The number of nitrogens with one attached hydrogen (secondary N) is 2. The van der Waals surface area contributed by atoms with Crippen LogP contribution in [0.15, 0.2) is 36.5 Å². The Hall–Kier alpha value is -2.34. The van der Waals surface area contributed by atoms with E-state index in [2.05, 4.69) is 46.4 Å². The molecule has 0 atom stereocenters. The summed E-state index contributed by atoms with van der Waals surface area (Å²) in [6, 6.07) is 8.52. The lowest BCUT2D eigenvalue weighted by Gasteiger charge is -2.20. The van der Waals surface area contributed by atoms with E-state index in [0.717, 1.165) is 57.5 Å². The van der Waals surface area contributed by atoms with Crippen LogP contribution in [0.2, 0.25) is 0 Å². The van der Waals surface area contributed by atoms with Crippen molar-refractivity contribution < 1.29 is 14.3 Å². The van der Waals surface area contributed by atoms with Gasteiger partial charge in [-0.2, -0.15) is 0 Å². The third kappa shape index (κ3) is 8.28. The summed E-state index contributed by atoms with van der Waals surface area (Å²) >= 11 is 0. The number of benzene rings is 1. The Balaban J connectivity index is 1.61. The van der Waals surface area contributed by atoms with Crippen LogP contribution in [0.5, 0.6) is 0 Å². The Bertz CT molecular complexity index is 669. The third-order valence-corrected chi connectivity index (χ3v) is 5.27. The van der Waals surface area contributed by atoms with Gasteiger partial charge in [0, 0.05) is 39.0 Å². The summed E-state index contributed by atoms with van der Waals surface area (Å²) in [6.45, 7) is 8.25. The molecule has 0 unspecified atom stereocenters. The van der Waals surface area contributed by atoms with Gasteiger partial charge in [0.25, 0.3) is 0 Å². The normalized spacial score (nSPS) is 13.3. The van der Waals surface area contributed by atoms with E-state index in [4.69, 9.17) is 4.74 Å². The number of aryl methyl sites for hydroxylation is 2. The minimum Gasteiger partial charge on any atom is -0.375 e. The van der Waals surface area contributed by atoms with Crippen LogP contribution >= 0.6 is 0 Å². The lowest BCUT2D eigenvalue weighted by atomic mass is 9.98. The molecule has 29 heavy (non-hydrogen) atoms. The second-order valence-electron chi connectivity index (χ2n) is 7.48. The van der Waals surface area contributed by atoms with Gasteiger partial charge in [-0.15, -0.1) is 0 Å². The van der Waals surface area contributed by atoms with Crippen molar-refractivity contribution in [1.29, 1.82) is 0 Å². The zero-order valence-corrected chi connectivity index (χ0v) is 17.7. The Morgan fingerprint density at radius 3 is 2.34 bits per heavy atom. The predicted molar refractivity (Wildman–Crippen MR) is 116 cm³/mol. The first-order chi connectivity index (χ1) is 14.1. The maximum absolute atomic E-state index is 11.4. The highest BCUT2D eigenvalue weighted by Crippen LogP contribution is 2.15. The van der Waals surface area contributed by atoms with Gasteiger partial charge in [-0.05, 0) is 56.1 Å². The molecule has 2 amide bonds. The number of hydrogen-bond donors (Lipinski definition) is 2. The number of unbranched alkanes of at least 4 members (excludes halogenated alkanes) is 1.